The molecule has 0 aromatic carbocycles. The molecular weight excluding hydrogens is 340 g/mol. The van der Waals surface area contributed by atoms with Crippen molar-refractivity contribution in [1.82, 2.24) is 4.72 Å². The van der Waals surface area contributed by atoms with Gasteiger partial charge in [0, 0.05) is 20.4 Å². The molecule has 0 bridgehead atoms. The van der Waals surface area contributed by atoms with Gasteiger partial charge in [0.05, 0.1) is 5.75 Å². The van der Waals surface area contributed by atoms with Crippen LogP contribution >= 0.6 is 0 Å². The Balaban J connectivity index is 0. The quantitative estimate of drug-likeness (QED) is 0.556. The van der Waals surface area contributed by atoms with E-state index in [9.17, 15) is 13.2 Å². The van der Waals surface area contributed by atoms with Crippen molar-refractivity contribution in [3.63, 3.8) is 0 Å². The fraction of sp³-hybridized carbons (Fsp3) is 0.800. The molecule has 0 aliphatic heterocycles. The summed E-state index contributed by atoms with van der Waals surface area (Å²) in [4.78, 5) is 9.59. The topological polar surface area (TPSA) is 63.2 Å². The Kier molecular flexibility index (Phi) is 7.07. The molecule has 0 unspecified atom stereocenters. The molecule has 1 N–H and O–H groups in total. The molecule has 0 saturated heterocycles. The van der Waals surface area contributed by atoms with E-state index in [1.54, 1.807) is 18.6 Å². The van der Waals surface area contributed by atoms with Crippen LogP contribution in [0.5, 0.6) is 0 Å². The summed E-state index contributed by atoms with van der Waals surface area (Å²) < 4.78 is 23.0. The van der Waals surface area contributed by atoms with E-state index < -0.39 is 10.0 Å². The molecule has 1 amide bonds. The molecule has 6 heteroatoms. The Morgan fingerprint density at radius 3 is 2.18 bits per heavy atom. The minimum atomic E-state index is -3.40. The Morgan fingerprint density at radius 2 is 1.91 bits per heavy atom. The second-order valence-corrected chi connectivity index (χ2v) is 4.15. The van der Waals surface area contributed by atoms with E-state index >= 15 is 0 Å². The van der Waals surface area contributed by atoms with Crippen LogP contribution < -0.4 is 4.72 Å². The van der Waals surface area contributed by atoms with Crippen molar-refractivity contribution in [2.75, 3.05) is 5.75 Å². The first-order valence-corrected chi connectivity index (χ1v) is 4.50. The van der Waals surface area contributed by atoms with E-state index in [4.69, 9.17) is 0 Å². The van der Waals surface area contributed by atoms with Crippen LogP contribution in [0.3, 0.4) is 0 Å². The maximum absolute atomic E-state index is 10.7. The van der Waals surface area contributed by atoms with Crippen LogP contribution in [-0.4, -0.2) is 20.6 Å². The zero-order valence-corrected chi connectivity index (χ0v) is 9.83. The normalized spacial score (nSPS) is 10.5. The molecule has 11 heavy (non-hydrogen) atoms. The van der Waals surface area contributed by atoms with Crippen molar-refractivity contribution in [3.05, 3.63) is 0 Å². The van der Waals surface area contributed by atoms with Gasteiger partial charge < -0.3 is 9.52 Å². The van der Waals surface area contributed by atoms with Crippen LogP contribution in [0.25, 0.3) is 0 Å². The summed E-state index contributed by atoms with van der Waals surface area (Å²) in [7, 11) is -3.40. The molecular formula is C5H10NO3ReS-. The number of nitrogens with one attached hydrogen (secondary N) is 1. The van der Waals surface area contributed by atoms with E-state index in [0.29, 0.717) is 0 Å². The molecule has 0 aromatic heterocycles. The smallest absolute Gasteiger partial charge is 0.205 e. The average Bonchev–Trinajstić information content (AvgIpc) is 1.59. The molecule has 0 rings (SSSR count). The van der Waals surface area contributed by atoms with Gasteiger partial charge in [-0.3, -0.25) is 0 Å². The summed E-state index contributed by atoms with van der Waals surface area (Å²) in [5.41, 5.74) is 0. The largest absolute Gasteiger partial charge is 0.519 e. The molecule has 0 spiro atoms. The zero-order valence-electron chi connectivity index (χ0n) is 6.30. The van der Waals surface area contributed by atoms with Gasteiger partial charge in [-0.2, -0.15) is 6.41 Å². The van der Waals surface area contributed by atoms with E-state index in [0.717, 1.165) is 6.41 Å². The molecule has 0 saturated carbocycles. The van der Waals surface area contributed by atoms with Gasteiger partial charge in [0.1, 0.15) is 0 Å². The number of carbonyl (C=O) groups excluding carboxylic acids is 1. The first-order valence-electron chi connectivity index (χ1n) is 2.84. The van der Waals surface area contributed by atoms with Gasteiger partial charge in [0.15, 0.2) is 0 Å². The SMILES string of the molecule is CC(C)CS(=O)(=O)N[C-]=O.[Re]. The van der Waals surface area contributed by atoms with Gasteiger partial charge in [-0.15, -0.1) is 0 Å². The summed E-state index contributed by atoms with van der Waals surface area (Å²) in [6, 6.07) is 0. The van der Waals surface area contributed by atoms with Crippen LogP contribution in [0.2, 0.25) is 0 Å². The summed E-state index contributed by atoms with van der Waals surface area (Å²) in [5, 5.41) is 0. The summed E-state index contributed by atoms with van der Waals surface area (Å²) >= 11 is 0. The zero-order chi connectivity index (χ0) is 8.20. The van der Waals surface area contributed by atoms with E-state index in [-0.39, 0.29) is 32.1 Å². The number of sulfonamides is 1. The molecule has 0 atom stereocenters. The van der Waals surface area contributed by atoms with Gasteiger partial charge in [-0.25, -0.2) is 8.42 Å². The van der Waals surface area contributed by atoms with Gasteiger partial charge in [-0.1, -0.05) is 13.8 Å². The molecule has 0 heterocycles. The van der Waals surface area contributed by atoms with E-state index in [1.165, 1.54) is 0 Å². The maximum Gasteiger partial charge on any atom is 0.205 e. The maximum atomic E-state index is 10.7. The van der Waals surface area contributed by atoms with E-state index in [2.05, 4.69) is 0 Å². The molecule has 0 aliphatic carbocycles. The second kappa shape index (κ2) is 5.70. The number of amides is 1. The standard InChI is InChI=1S/C5H10NO3S.Re/c1-5(2)3-10(8,9)6-4-7;/h5H,3H2,1-2H3,(H,6,7);/q-1;. The van der Waals surface area contributed by atoms with Crippen molar-refractivity contribution >= 4 is 16.4 Å². The van der Waals surface area contributed by atoms with Crippen molar-refractivity contribution in [2.24, 2.45) is 5.92 Å². The van der Waals surface area contributed by atoms with Crippen LogP contribution in [0.1, 0.15) is 13.8 Å². The van der Waals surface area contributed by atoms with E-state index in [1.807, 2.05) is 0 Å². The third-order valence-electron chi connectivity index (χ3n) is 0.750. The van der Waals surface area contributed by atoms with Gasteiger partial charge in [0.25, 0.3) is 0 Å². The Labute approximate surface area is 80.5 Å². The molecule has 0 aliphatic rings. The molecule has 1 radical (unpaired) electrons. The number of hydrogen-bond acceptors (Lipinski definition) is 3. The predicted molar refractivity (Wildman–Crippen MR) is 37.5 cm³/mol. The Morgan fingerprint density at radius 1 is 1.45 bits per heavy atom. The fourth-order valence-electron chi connectivity index (χ4n) is 0.544. The summed E-state index contributed by atoms with van der Waals surface area (Å²) in [6.45, 7) is 3.51. The van der Waals surface area contributed by atoms with Crippen molar-refractivity contribution in [3.8, 4) is 0 Å². The molecule has 0 fully saturated rings. The first kappa shape index (κ1) is 13.7. The molecule has 4 nitrogen and oxygen atoms in total. The van der Waals surface area contributed by atoms with Crippen molar-refractivity contribution in [2.45, 2.75) is 13.8 Å². The van der Waals surface area contributed by atoms with Crippen LogP contribution in [0.15, 0.2) is 0 Å². The van der Waals surface area contributed by atoms with Gasteiger partial charge in [0.2, 0.25) is 10.0 Å². The third kappa shape index (κ3) is 7.98. The molecule has 0 aromatic rings. The Bertz CT molecular complexity index is 200. The number of rotatable bonds is 4. The minimum absolute atomic E-state index is 0. The van der Waals surface area contributed by atoms with Crippen LogP contribution in [0.4, 0.5) is 0 Å². The monoisotopic (exact) mass is 351 g/mol. The molecule has 67 valence electrons. The van der Waals surface area contributed by atoms with Crippen molar-refractivity contribution in [1.29, 1.82) is 0 Å². The van der Waals surface area contributed by atoms with Crippen LogP contribution in [0, 0.1) is 5.92 Å². The summed E-state index contributed by atoms with van der Waals surface area (Å²) in [6.07, 6.45) is 1.13. The van der Waals surface area contributed by atoms with Crippen molar-refractivity contribution < 1.29 is 33.6 Å². The second-order valence-electron chi connectivity index (χ2n) is 2.38. The fourth-order valence-corrected chi connectivity index (χ4v) is 1.63. The van der Waals surface area contributed by atoms with Gasteiger partial charge in [-0.05, 0) is 5.92 Å². The average molecular weight is 350 g/mol. The minimum Gasteiger partial charge on any atom is -0.519 e. The first-order chi connectivity index (χ1) is 4.48. The summed E-state index contributed by atoms with van der Waals surface area (Å²) in [5.74, 6) is -0.0201. The predicted octanol–water partition coefficient (Wildman–Crippen LogP) is -0.373. The number of hydrogen-bond donors (Lipinski definition) is 1. The van der Waals surface area contributed by atoms with Crippen LogP contribution in [-0.2, 0) is 35.2 Å². The Hall–Kier alpha value is 0.0823. The third-order valence-corrected chi connectivity index (χ3v) is 2.25. The van der Waals surface area contributed by atoms with Gasteiger partial charge >= 0.3 is 0 Å².